The van der Waals surface area contributed by atoms with E-state index in [1.54, 1.807) is 0 Å². The van der Waals surface area contributed by atoms with E-state index in [0.29, 0.717) is 38.5 Å². The molecular formula is C56H92O25. The molecule has 81 heavy (non-hydrogen) atoms. The van der Waals surface area contributed by atoms with Crippen LogP contribution < -0.4 is 0 Å². The Labute approximate surface area is 472 Å². The largest absolute Gasteiger partial charge is 0.481 e. The lowest BCUT2D eigenvalue weighted by Gasteiger charge is -2.71. The Hall–Kier alpha value is -2.16. The molecule has 8 aliphatic rings. The zero-order valence-corrected chi connectivity index (χ0v) is 47.7. The third kappa shape index (κ3) is 12.0. The number of aliphatic hydroxyl groups excluding tert-OH is 13. The summed E-state index contributed by atoms with van der Waals surface area (Å²) in [5.41, 5.74) is -1.72. The Balaban J connectivity index is 0.998. The molecule has 466 valence electrons. The van der Waals surface area contributed by atoms with E-state index in [1.165, 1.54) is 0 Å². The SMILES string of the molecule is CC(C)=CCC[C@](C)(O[C@@H]1O[C@H](CO[C@H]2O[C@H](CO)[C@@H](O)[C@@H]2O)[C@@H](O)[C@H](O)[C@H]1O)C1CCC2(C)C1C(O)CC1[C@@]3(C)CCC(O[C@@H]4O[C@H](CO)[C@@H](O)[C@H](O)[C@H]4O[C@@H]4O[C@H](COC(=O)CC(=O)O)[C@@H](O)[C@H](O)[C@H]4O)C(C)(C)C3CC[C@]12C. The van der Waals surface area contributed by atoms with Gasteiger partial charge in [0.15, 0.2) is 25.2 Å². The minimum absolute atomic E-state index is 0.00537. The highest BCUT2D eigenvalue weighted by Crippen LogP contribution is 2.76. The van der Waals surface area contributed by atoms with Crippen LogP contribution in [0.3, 0.4) is 0 Å². The standard InChI is InChI=1S/C56H92O25/c1-24(2)10-9-14-56(8,81-50-46(72)42(68)40(66)30(78-50)23-74-48-44(70)38(64)28(21-58)75-48)25-11-16-55(7)36(25)26(59)18-32-53(5)15-13-33(52(3,4)31(53)12-17-54(32,55)6)79-51-47(43(69)37(63)27(20-57)76-51)80-49-45(71)41(67)39(65)29(77-49)22-73-35(62)19-34(60)61/h10,25-33,36-51,57-59,63-72H,9,11-23H2,1-8H3,(H,60,61)/t25?,26?,27-,28-,29-,30-,31?,32?,33?,36?,37-,38-,39-,40-,41+,42+,43+,44+,45-,46-,47-,48+,49+,50+,51+,53+,54-,55?,56+/m1/s1. The van der Waals surface area contributed by atoms with E-state index in [-0.39, 0.29) is 34.5 Å². The summed E-state index contributed by atoms with van der Waals surface area (Å²) in [7, 11) is 0. The molecule has 4 heterocycles. The van der Waals surface area contributed by atoms with Crippen molar-refractivity contribution in [2.24, 2.45) is 45.3 Å². The molecule has 0 spiro atoms. The average molecular weight is 1170 g/mol. The molecule has 0 bridgehead atoms. The predicted octanol–water partition coefficient (Wildman–Crippen LogP) is -1.54. The van der Waals surface area contributed by atoms with Crippen LogP contribution in [0.25, 0.3) is 0 Å². The van der Waals surface area contributed by atoms with Crippen LogP contribution in [-0.4, -0.2) is 244 Å². The van der Waals surface area contributed by atoms with Gasteiger partial charge >= 0.3 is 11.9 Å². The molecule has 8 rings (SSSR count). The number of hydrogen-bond donors (Lipinski definition) is 14. The summed E-state index contributed by atoms with van der Waals surface area (Å²) in [6, 6.07) is 0. The fraction of sp³-hybridized carbons (Fsp3) is 0.929. The Morgan fingerprint density at radius 3 is 1.77 bits per heavy atom. The van der Waals surface area contributed by atoms with Gasteiger partial charge in [0.05, 0.1) is 37.6 Å². The Kier molecular flexibility index (Phi) is 19.9. The van der Waals surface area contributed by atoms with Gasteiger partial charge in [0, 0.05) is 0 Å². The van der Waals surface area contributed by atoms with E-state index in [2.05, 4.69) is 40.7 Å². The lowest BCUT2D eigenvalue weighted by atomic mass is 9.35. The second kappa shape index (κ2) is 24.9. The number of esters is 1. The fourth-order valence-corrected chi connectivity index (χ4v) is 16.4. The highest BCUT2D eigenvalue weighted by Gasteiger charge is 2.72. The minimum Gasteiger partial charge on any atom is -0.481 e. The van der Waals surface area contributed by atoms with Gasteiger partial charge in [0.2, 0.25) is 0 Å². The van der Waals surface area contributed by atoms with Gasteiger partial charge in [0.1, 0.15) is 105 Å². The number of rotatable bonds is 19. The molecule has 4 saturated carbocycles. The summed E-state index contributed by atoms with van der Waals surface area (Å²) < 4.78 is 54.0. The first-order valence-electron chi connectivity index (χ1n) is 28.8. The van der Waals surface area contributed by atoms with E-state index < -0.39 is 190 Å². The number of allylic oxidation sites excluding steroid dienone is 2. The van der Waals surface area contributed by atoms with Gasteiger partial charge in [-0.1, -0.05) is 46.3 Å². The monoisotopic (exact) mass is 1160 g/mol. The zero-order valence-electron chi connectivity index (χ0n) is 47.7. The second-order valence-electron chi connectivity index (χ2n) is 26.3. The third-order valence-corrected chi connectivity index (χ3v) is 21.1. The van der Waals surface area contributed by atoms with E-state index in [4.69, 9.17) is 47.7 Å². The van der Waals surface area contributed by atoms with Crippen molar-refractivity contribution in [1.82, 2.24) is 0 Å². The Morgan fingerprint density at radius 2 is 1.15 bits per heavy atom. The van der Waals surface area contributed by atoms with E-state index >= 15 is 0 Å². The van der Waals surface area contributed by atoms with E-state index in [0.717, 1.165) is 24.8 Å². The number of ether oxygens (including phenoxy) is 9. The quantitative estimate of drug-likeness (QED) is 0.0302. The van der Waals surface area contributed by atoms with Crippen LogP contribution in [0.4, 0.5) is 0 Å². The maximum absolute atomic E-state index is 12.9. The first kappa shape index (κ1) is 64.8. The lowest BCUT2D eigenvalue weighted by molar-refractivity contribution is -0.378. The first-order chi connectivity index (χ1) is 37.9. The van der Waals surface area contributed by atoms with Gasteiger partial charge in [-0.25, -0.2) is 0 Å². The van der Waals surface area contributed by atoms with Crippen LogP contribution in [0.2, 0.25) is 0 Å². The molecule has 29 atom stereocenters. The van der Waals surface area contributed by atoms with Gasteiger partial charge in [-0.05, 0) is 124 Å². The summed E-state index contributed by atoms with van der Waals surface area (Å²) >= 11 is 0. The molecule has 0 radical (unpaired) electrons. The molecule has 4 saturated heterocycles. The lowest BCUT2D eigenvalue weighted by Crippen LogP contribution is -2.68. The zero-order chi connectivity index (χ0) is 59.6. The summed E-state index contributed by atoms with van der Waals surface area (Å²) in [4.78, 5) is 23.0. The van der Waals surface area contributed by atoms with Crippen molar-refractivity contribution in [3.05, 3.63) is 11.6 Å². The highest BCUT2D eigenvalue weighted by molar-refractivity contribution is 5.90. The number of aliphatic carboxylic acids is 1. The van der Waals surface area contributed by atoms with Gasteiger partial charge < -0.3 is 114 Å². The van der Waals surface area contributed by atoms with Crippen molar-refractivity contribution >= 4 is 11.9 Å². The maximum atomic E-state index is 12.9. The van der Waals surface area contributed by atoms with Gasteiger partial charge in [0.25, 0.3) is 0 Å². The molecule has 7 unspecified atom stereocenters. The average Bonchev–Trinajstić information content (AvgIpc) is 2.15. The fourth-order valence-electron chi connectivity index (χ4n) is 16.4. The van der Waals surface area contributed by atoms with Crippen LogP contribution >= 0.6 is 0 Å². The van der Waals surface area contributed by atoms with Gasteiger partial charge in [-0.15, -0.1) is 0 Å². The van der Waals surface area contributed by atoms with E-state index in [1.807, 2.05) is 20.8 Å². The van der Waals surface area contributed by atoms with E-state index in [9.17, 15) is 76.0 Å². The van der Waals surface area contributed by atoms with Crippen LogP contribution in [0.1, 0.15) is 120 Å². The summed E-state index contributed by atoms with van der Waals surface area (Å²) in [6.07, 6.45) is -25.1. The number of aliphatic hydroxyl groups is 13. The molecular weight excluding hydrogens is 1070 g/mol. The molecule has 14 N–H and O–H groups in total. The summed E-state index contributed by atoms with van der Waals surface area (Å²) in [5, 5.41) is 151. The van der Waals surface area contributed by atoms with Crippen molar-refractivity contribution in [2.45, 2.75) is 254 Å². The molecule has 0 aromatic heterocycles. The van der Waals surface area contributed by atoms with Crippen molar-refractivity contribution in [3.8, 4) is 0 Å². The Bertz CT molecular complexity index is 2180. The van der Waals surface area contributed by atoms with Crippen LogP contribution in [0.5, 0.6) is 0 Å². The molecule has 25 nitrogen and oxygen atoms in total. The second-order valence-corrected chi connectivity index (χ2v) is 26.3. The van der Waals surface area contributed by atoms with Gasteiger partial charge in [-0.3, -0.25) is 9.59 Å². The van der Waals surface area contributed by atoms with Crippen LogP contribution in [0.15, 0.2) is 11.6 Å². The van der Waals surface area contributed by atoms with Crippen molar-refractivity contribution in [2.75, 3.05) is 26.4 Å². The molecule has 8 fully saturated rings. The molecule has 0 aromatic rings. The molecule has 0 amide bonds. The van der Waals surface area contributed by atoms with Gasteiger partial charge in [-0.2, -0.15) is 0 Å². The molecule has 25 heteroatoms. The normalized spacial score (nSPS) is 49.4. The van der Waals surface area contributed by atoms with Crippen LogP contribution in [-0.2, 0) is 52.2 Å². The number of hydrogen-bond acceptors (Lipinski definition) is 24. The van der Waals surface area contributed by atoms with Crippen LogP contribution in [0, 0.1) is 45.3 Å². The number of carboxylic acids is 1. The van der Waals surface area contributed by atoms with Crippen molar-refractivity contribution in [1.29, 1.82) is 0 Å². The molecule has 4 aliphatic heterocycles. The third-order valence-electron chi connectivity index (χ3n) is 21.1. The maximum Gasteiger partial charge on any atom is 0.317 e. The highest BCUT2D eigenvalue weighted by atomic mass is 16.8. The van der Waals surface area contributed by atoms with Crippen molar-refractivity contribution < 1.29 is 124 Å². The summed E-state index contributed by atoms with van der Waals surface area (Å²) in [6.45, 7) is 14.6. The number of carbonyl (C=O) groups is 2. The number of carboxylic acid groups (broad SMARTS) is 1. The smallest absolute Gasteiger partial charge is 0.317 e. The molecule has 0 aromatic carbocycles. The predicted molar refractivity (Wildman–Crippen MR) is 276 cm³/mol. The summed E-state index contributed by atoms with van der Waals surface area (Å²) in [5.74, 6) is -3.18. The minimum atomic E-state index is -1.95. The topological polar surface area (TPSA) is 400 Å². The number of fused-ring (bicyclic) bond motifs is 5. The Morgan fingerprint density at radius 1 is 0.605 bits per heavy atom. The first-order valence-corrected chi connectivity index (χ1v) is 28.8. The number of carbonyl (C=O) groups excluding carboxylic acids is 1. The van der Waals surface area contributed by atoms with Crippen molar-refractivity contribution in [3.63, 3.8) is 0 Å². The molecule has 4 aliphatic carbocycles.